The van der Waals surface area contributed by atoms with Gasteiger partial charge < -0.3 is 15.0 Å². The number of amides is 1. The van der Waals surface area contributed by atoms with E-state index in [9.17, 15) is 18.8 Å². The van der Waals surface area contributed by atoms with Crippen molar-refractivity contribution in [3.05, 3.63) is 68.7 Å². The standard InChI is InChI=1S/C29H34FN5O4S/c30-20-17-25-26(31-18-20)34(23-8-14-40-15-9-23)29(38)35(28(25)37)22-6-4-21(5-7-22)32-27(36)19-2-1-3-24(16-19)33-10-12-39-13-11-33/h1-3,16-18,21-23H,4-15H2,(H,32,36). The minimum atomic E-state index is -0.593. The van der Waals surface area contributed by atoms with Crippen LogP contribution in [-0.4, -0.2) is 63.9 Å². The average Bonchev–Trinajstić information content (AvgIpc) is 2.99. The molecule has 3 aromatic rings. The minimum absolute atomic E-state index is 0.0522. The fourth-order valence-electron chi connectivity index (χ4n) is 6.21. The average molecular weight is 568 g/mol. The van der Waals surface area contributed by atoms with Gasteiger partial charge in [-0.3, -0.25) is 18.7 Å². The molecule has 1 amide bonds. The van der Waals surface area contributed by atoms with Gasteiger partial charge in [0.1, 0.15) is 11.5 Å². The van der Waals surface area contributed by atoms with Gasteiger partial charge >= 0.3 is 5.69 Å². The summed E-state index contributed by atoms with van der Waals surface area (Å²) in [4.78, 5) is 46.8. The first-order chi connectivity index (χ1) is 19.5. The molecule has 2 aliphatic heterocycles. The Balaban J connectivity index is 1.19. The number of morpholine rings is 1. The fraction of sp³-hybridized carbons (Fsp3) is 0.517. The van der Waals surface area contributed by atoms with Crippen LogP contribution in [0.4, 0.5) is 10.1 Å². The lowest BCUT2D eigenvalue weighted by atomic mass is 9.90. The second-order valence-corrected chi connectivity index (χ2v) is 12.0. The van der Waals surface area contributed by atoms with Crippen molar-refractivity contribution < 1.29 is 13.9 Å². The molecule has 40 heavy (non-hydrogen) atoms. The second-order valence-electron chi connectivity index (χ2n) is 10.8. The summed E-state index contributed by atoms with van der Waals surface area (Å²) < 4.78 is 22.6. The van der Waals surface area contributed by atoms with Crippen molar-refractivity contribution in [3.8, 4) is 0 Å². The van der Waals surface area contributed by atoms with E-state index in [0.717, 1.165) is 49.3 Å². The maximum Gasteiger partial charge on any atom is 0.333 e. The van der Waals surface area contributed by atoms with E-state index in [1.807, 2.05) is 36.0 Å². The molecule has 3 aliphatic rings. The summed E-state index contributed by atoms with van der Waals surface area (Å²) in [5, 5.41) is 3.30. The molecule has 0 bridgehead atoms. The molecule has 0 radical (unpaired) electrons. The second kappa shape index (κ2) is 11.7. The largest absolute Gasteiger partial charge is 0.378 e. The van der Waals surface area contributed by atoms with E-state index in [1.165, 1.54) is 10.6 Å². The number of hydrogen-bond donors (Lipinski definition) is 1. The van der Waals surface area contributed by atoms with Gasteiger partial charge in [0.15, 0.2) is 0 Å². The van der Waals surface area contributed by atoms with Gasteiger partial charge in [-0.15, -0.1) is 0 Å². The number of aromatic nitrogens is 3. The Morgan fingerprint density at radius 1 is 0.975 bits per heavy atom. The van der Waals surface area contributed by atoms with Crippen LogP contribution in [0.1, 0.15) is 61.0 Å². The molecule has 0 unspecified atom stereocenters. The van der Waals surface area contributed by atoms with Crippen LogP contribution in [0.25, 0.3) is 11.0 Å². The first-order valence-electron chi connectivity index (χ1n) is 14.1. The maximum atomic E-state index is 14.2. The van der Waals surface area contributed by atoms with Crippen LogP contribution in [0.3, 0.4) is 0 Å². The predicted octanol–water partition coefficient (Wildman–Crippen LogP) is 3.52. The van der Waals surface area contributed by atoms with E-state index >= 15 is 0 Å². The van der Waals surface area contributed by atoms with Crippen molar-refractivity contribution in [2.24, 2.45) is 0 Å². The normalized spacial score (nSPS) is 22.4. The lowest BCUT2D eigenvalue weighted by Gasteiger charge is -2.32. The Morgan fingerprint density at radius 2 is 1.70 bits per heavy atom. The molecule has 4 heterocycles. The number of fused-ring (bicyclic) bond motifs is 1. The molecular formula is C29H34FN5O4S. The van der Waals surface area contributed by atoms with Crippen molar-refractivity contribution in [1.29, 1.82) is 0 Å². The number of halogens is 1. The smallest absolute Gasteiger partial charge is 0.333 e. The number of carbonyl (C=O) groups excluding carboxylic acids is 1. The molecule has 212 valence electrons. The molecule has 9 nitrogen and oxygen atoms in total. The highest BCUT2D eigenvalue weighted by molar-refractivity contribution is 7.99. The van der Waals surface area contributed by atoms with Gasteiger partial charge in [0.25, 0.3) is 11.5 Å². The monoisotopic (exact) mass is 567 g/mol. The molecule has 1 saturated carbocycles. The molecular weight excluding hydrogens is 533 g/mol. The Hall–Kier alpha value is -3.18. The van der Waals surface area contributed by atoms with Crippen LogP contribution in [-0.2, 0) is 4.74 Å². The Morgan fingerprint density at radius 3 is 2.45 bits per heavy atom. The number of nitrogens with zero attached hydrogens (tertiary/aromatic N) is 4. The van der Waals surface area contributed by atoms with E-state index in [-0.39, 0.29) is 40.8 Å². The van der Waals surface area contributed by atoms with Gasteiger partial charge in [-0.05, 0) is 74.3 Å². The van der Waals surface area contributed by atoms with Crippen LogP contribution in [0.5, 0.6) is 0 Å². The van der Waals surface area contributed by atoms with Gasteiger partial charge in [-0.2, -0.15) is 11.8 Å². The van der Waals surface area contributed by atoms with Crippen molar-refractivity contribution in [3.63, 3.8) is 0 Å². The number of rotatable bonds is 5. The molecule has 6 rings (SSSR count). The van der Waals surface area contributed by atoms with Crippen molar-refractivity contribution in [2.45, 2.75) is 56.7 Å². The zero-order chi connectivity index (χ0) is 27.6. The molecule has 3 fully saturated rings. The van der Waals surface area contributed by atoms with Gasteiger partial charge in [0.2, 0.25) is 0 Å². The highest BCUT2D eigenvalue weighted by atomic mass is 32.2. The molecule has 2 saturated heterocycles. The van der Waals surface area contributed by atoms with Crippen LogP contribution >= 0.6 is 11.8 Å². The Labute approximate surface area is 235 Å². The lowest BCUT2D eigenvalue weighted by molar-refractivity contribution is 0.0921. The number of pyridine rings is 1. The summed E-state index contributed by atoms with van der Waals surface area (Å²) in [6.45, 7) is 2.95. The number of carbonyl (C=O) groups is 1. The SMILES string of the molecule is O=C(NC1CCC(n2c(=O)c3cc(F)cnc3n(C3CCSCC3)c2=O)CC1)c1cccc(N2CCOCC2)c1. The molecule has 2 aromatic heterocycles. The zero-order valence-corrected chi connectivity index (χ0v) is 23.2. The van der Waals surface area contributed by atoms with Crippen LogP contribution < -0.4 is 21.5 Å². The summed E-state index contributed by atoms with van der Waals surface area (Å²) >= 11 is 1.85. The Bertz CT molecular complexity index is 1500. The number of thioether (sulfide) groups is 1. The molecule has 1 aromatic carbocycles. The van der Waals surface area contributed by atoms with Gasteiger partial charge in [0.05, 0.1) is 24.8 Å². The molecule has 0 atom stereocenters. The third-order valence-electron chi connectivity index (χ3n) is 8.36. The highest BCUT2D eigenvalue weighted by Crippen LogP contribution is 2.30. The maximum absolute atomic E-state index is 14.2. The molecule has 1 aliphatic carbocycles. The lowest BCUT2D eigenvalue weighted by Crippen LogP contribution is -2.46. The van der Waals surface area contributed by atoms with Gasteiger partial charge in [0, 0.05) is 42.5 Å². The first kappa shape index (κ1) is 27.0. The predicted molar refractivity (Wildman–Crippen MR) is 154 cm³/mol. The van der Waals surface area contributed by atoms with E-state index in [4.69, 9.17) is 4.74 Å². The van der Waals surface area contributed by atoms with Crippen LogP contribution in [0.15, 0.2) is 46.1 Å². The Kier molecular flexibility index (Phi) is 7.93. The number of nitrogens with one attached hydrogen (secondary N) is 1. The number of benzene rings is 1. The summed E-state index contributed by atoms with van der Waals surface area (Å²) in [7, 11) is 0. The van der Waals surface area contributed by atoms with E-state index in [2.05, 4.69) is 15.2 Å². The highest BCUT2D eigenvalue weighted by Gasteiger charge is 2.30. The third-order valence-corrected chi connectivity index (χ3v) is 9.41. The molecule has 11 heteroatoms. The minimum Gasteiger partial charge on any atom is -0.378 e. The quantitative estimate of drug-likeness (QED) is 0.504. The summed E-state index contributed by atoms with van der Waals surface area (Å²) in [5.41, 5.74) is 1.04. The zero-order valence-electron chi connectivity index (χ0n) is 22.4. The van der Waals surface area contributed by atoms with Gasteiger partial charge in [-0.1, -0.05) is 6.07 Å². The third kappa shape index (κ3) is 5.41. The number of ether oxygens (including phenoxy) is 1. The number of anilines is 1. The van der Waals surface area contributed by atoms with Crippen LogP contribution in [0.2, 0.25) is 0 Å². The van der Waals surface area contributed by atoms with E-state index in [1.54, 1.807) is 4.57 Å². The van der Waals surface area contributed by atoms with Crippen molar-refractivity contribution in [1.82, 2.24) is 19.4 Å². The van der Waals surface area contributed by atoms with E-state index in [0.29, 0.717) is 44.5 Å². The molecule has 0 spiro atoms. The molecule has 1 N–H and O–H groups in total. The summed E-state index contributed by atoms with van der Waals surface area (Å²) in [5.74, 6) is 1.14. The van der Waals surface area contributed by atoms with Crippen molar-refractivity contribution >= 4 is 34.4 Å². The summed E-state index contributed by atoms with van der Waals surface area (Å²) in [6, 6.07) is 8.42. The van der Waals surface area contributed by atoms with Crippen molar-refractivity contribution in [2.75, 3.05) is 42.7 Å². The topological polar surface area (TPSA) is 98.5 Å². The van der Waals surface area contributed by atoms with Crippen LogP contribution in [0, 0.1) is 5.82 Å². The fourth-order valence-corrected chi connectivity index (χ4v) is 7.29. The first-order valence-corrected chi connectivity index (χ1v) is 15.3. The van der Waals surface area contributed by atoms with E-state index < -0.39 is 11.4 Å². The van der Waals surface area contributed by atoms with Gasteiger partial charge in [-0.25, -0.2) is 14.2 Å². The number of hydrogen-bond acceptors (Lipinski definition) is 7. The summed E-state index contributed by atoms with van der Waals surface area (Å²) in [6.07, 6.45) is 5.12.